The van der Waals surface area contributed by atoms with Crippen molar-refractivity contribution in [3.63, 3.8) is 0 Å². The van der Waals surface area contributed by atoms with Gasteiger partial charge in [-0.05, 0) is 0 Å². The van der Waals surface area contributed by atoms with Gasteiger partial charge in [0.15, 0.2) is 0 Å². The molecule has 268 valence electrons. The number of carbonyl (C=O) groups excluding carboxylic acids is 2. The van der Waals surface area contributed by atoms with Gasteiger partial charge in [0.05, 0.1) is 0 Å². The average Bonchev–Trinajstić information content (AvgIpc) is 3.03. The third kappa shape index (κ3) is 24.8. The van der Waals surface area contributed by atoms with Crippen LogP contribution in [-0.4, -0.2) is 71.0 Å². The molecular weight excluding hydrogens is 786 g/mol. The second kappa shape index (κ2) is 31.3. The number of rotatable bonds is 32. The minimum atomic E-state index is -4.60. The van der Waals surface area contributed by atoms with E-state index >= 15 is 0 Å². The van der Waals surface area contributed by atoms with Crippen molar-refractivity contribution in [3.8, 4) is 0 Å². The Balaban J connectivity index is 6.04. The van der Waals surface area contributed by atoms with E-state index in [1.54, 1.807) is 0 Å². The second-order valence-corrected chi connectivity index (χ2v) is 32.4. The maximum absolute atomic E-state index is 13.2. The Hall–Kier alpha value is 0.0574. The van der Waals surface area contributed by atoms with Gasteiger partial charge in [-0.2, -0.15) is 0 Å². The van der Waals surface area contributed by atoms with Gasteiger partial charge in [-0.15, -0.1) is 0 Å². The molecule has 0 radical (unpaired) electrons. The Morgan fingerprint density at radius 3 is 1.24 bits per heavy atom. The molecule has 0 rings (SSSR count). The molecule has 0 aliphatic rings. The Morgan fingerprint density at radius 2 is 0.800 bits per heavy atom. The maximum atomic E-state index is 13.2. The monoisotopic (exact) mass is 860 g/mol. The quantitative estimate of drug-likeness (QED) is 0.0375. The van der Waals surface area contributed by atoms with Crippen molar-refractivity contribution in [1.82, 2.24) is 0 Å². The fraction of sp³-hybridized carbons (Fsp3) is 0.943. The topological polar surface area (TPSA) is 89.5 Å². The summed E-state index contributed by atoms with van der Waals surface area (Å²) in [6.07, 6.45) is 20.3. The first-order chi connectivity index (χ1) is 21.9. The van der Waals surface area contributed by atoms with Crippen molar-refractivity contribution < 1.29 is 29.7 Å². The molecule has 45 heavy (non-hydrogen) atoms. The number of ether oxygens (including phenoxy) is 2. The zero-order valence-electron chi connectivity index (χ0n) is 30.4. The Labute approximate surface area is 288 Å². The van der Waals surface area contributed by atoms with Crippen LogP contribution < -0.4 is 0 Å². The van der Waals surface area contributed by atoms with Gasteiger partial charge < -0.3 is 0 Å². The van der Waals surface area contributed by atoms with Gasteiger partial charge in [-0.1, -0.05) is 0 Å². The standard InChI is InChI=1S/2C8H16O3.C7H15O.3C4H9.O.2Sn/c2*1-2-3-4-5-6-7-11-8(9)10;1-2-3-4-5-6-7-8;3*1-3-4-2;;;/h2*2-7H2,1H3,(H,9,10);2-7H2,1H3;3*1,3-4H2,2H3;;;/q;;-1;;;;;+1;+2/p-2. The fourth-order valence-electron chi connectivity index (χ4n) is 5.17. The Kier molecular flexibility index (Phi) is 31.4. The van der Waals surface area contributed by atoms with Crippen molar-refractivity contribution in [1.29, 1.82) is 0 Å². The van der Waals surface area contributed by atoms with Crippen LogP contribution in [0.25, 0.3) is 0 Å². The molecule has 0 aliphatic carbocycles. The van der Waals surface area contributed by atoms with Gasteiger partial charge >= 0.3 is 290 Å². The summed E-state index contributed by atoms with van der Waals surface area (Å²) >= 11 is -8.80. The van der Waals surface area contributed by atoms with Gasteiger partial charge in [0.25, 0.3) is 0 Å². The number of hydrogen-bond donors (Lipinski definition) is 0. The molecule has 0 heterocycles. The first-order valence-corrected chi connectivity index (χ1v) is 30.8. The predicted octanol–water partition coefficient (Wildman–Crippen LogP) is 12.0. The summed E-state index contributed by atoms with van der Waals surface area (Å²) in [5, 5.41) is 0. The summed E-state index contributed by atoms with van der Waals surface area (Å²) in [7, 11) is 0. The minimum absolute atomic E-state index is 0.330. The van der Waals surface area contributed by atoms with Crippen LogP contribution in [0.2, 0.25) is 13.3 Å². The first kappa shape index (κ1) is 45.1. The normalized spacial score (nSPS) is 12.9. The Morgan fingerprint density at radius 1 is 0.422 bits per heavy atom. The molecule has 0 saturated heterocycles. The molecule has 0 amide bonds. The van der Waals surface area contributed by atoms with Crippen LogP contribution in [0.1, 0.15) is 176 Å². The molecule has 0 fully saturated rings. The molecule has 0 saturated carbocycles. The van der Waals surface area contributed by atoms with E-state index in [0.29, 0.717) is 33.1 Å². The molecule has 0 bridgehead atoms. The van der Waals surface area contributed by atoms with Crippen LogP contribution in [-0.2, 0) is 20.1 Å². The molecule has 0 aromatic heterocycles. The average molecular weight is 858 g/mol. The number of hydrogen-bond acceptors (Lipinski definition) is 8. The van der Waals surface area contributed by atoms with E-state index in [1.165, 1.54) is 38.5 Å². The van der Waals surface area contributed by atoms with Crippen molar-refractivity contribution >= 4 is 51.1 Å². The van der Waals surface area contributed by atoms with Crippen LogP contribution in [0.5, 0.6) is 0 Å². The van der Waals surface area contributed by atoms with Gasteiger partial charge in [0.1, 0.15) is 0 Å². The van der Waals surface area contributed by atoms with Crippen molar-refractivity contribution in [2.75, 3.05) is 19.8 Å². The molecule has 0 aromatic rings. The summed E-state index contributed by atoms with van der Waals surface area (Å²) in [6, 6.07) is 0. The summed E-state index contributed by atoms with van der Waals surface area (Å²) < 4.78 is 39.6. The predicted molar refractivity (Wildman–Crippen MR) is 189 cm³/mol. The molecule has 0 N–H and O–H groups in total. The van der Waals surface area contributed by atoms with Crippen LogP contribution in [0, 0.1) is 0 Å². The first-order valence-electron chi connectivity index (χ1n) is 18.9. The van der Waals surface area contributed by atoms with Crippen LogP contribution in [0.15, 0.2) is 0 Å². The molecule has 0 aliphatic heterocycles. The van der Waals surface area contributed by atoms with Crippen LogP contribution in [0.3, 0.4) is 0 Å². The molecule has 10 heteroatoms. The molecule has 0 aromatic carbocycles. The second-order valence-electron chi connectivity index (χ2n) is 12.5. The van der Waals surface area contributed by atoms with Crippen LogP contribution in [0.4, 0.5) is 9.59 Å². The van der Waals surface area contributed by atoms with E-state index in [-0.39, 0.29) is 0 Å². The summed E-state index contributed by atoms with van der Waals surface area (Å²) in [5.74, 6) is 0. The van der Waals surface area contributed by atoms with Gasteiger partial charge in [-0.3, -0.25) is 0 Å². The number of unbranched alkanes of at least 4 members (excludes halogenated alkanes) is 15. The van der Waals surface area contributed by atoms with E-state index in [9.17, 15) is 9.59 Å². The van der Waals surface area contributed by atoms with E-state index in [0.717, 1.165) is 96.3 Å². The van der Waals surface area contributed by atoms with Crippen molar-refractivity contribution in [3.05, 3.63) is 0 Å². The summed E-state index contributed by atoms with van der Waals surface area (Å²) in [6.45, 7) is 14.1. The van der Waals surface area contributed by atoms with Gasteiger partial charge in [0, 0.05) is 0 Å². The molecule has 0 spiro atoms. The van der Waals surface area contributed by atoms with E-state index in [4.69, 9.17) is 20.1 Å². The van der Waals surface area contributed by atoms with Crippen molar-refractivity contribution in [2.45, 2.75) is 190 Å². The van der Waals surface area contributed by atoms with Gasteiger partial charge in [-0.25, -0.2) is 0 Å². The summed E-state index contributed by atoms with van der Waals surface area (Å²) in [4.78, 5) is 26.4. The van der Waals surface area contributed by atoms with Crippen LogP contribution >= 0.6 is 0 Å². The Bertz CT molecular complexity index is 689. The van der Waals surface area contributed by atoms with Gasteiger partial charge in [0.2, 0.25) is 0 Å². The molecule has 1 unspecified atom stereocenters. The zero-order chi connectivity index (χ0) is 33.5. The zero-order valence-corrected chi connectivity index (χ0v) is 36.1. The third-order valence-electron chi connectivity index (χ3n) is 8.01. The number of carbonyl (C=O) groups is 2. The van der Waals surface area contributed by atoms with E-state index in [1.807, 2.05) is 0 Å². The fourth-order valence-corrected chi connectivity index (χ4v) is 40.2. The molecule has 8 nitrogen and oxygen atoms in total. The van der Waals surface area contributed by atoms with E-state index < -0.39 is 51.1 Å². The molecular formula is C35H72O8Sn2. The third-order valence-corrected chi connectivity index (χ3v) is 36.9. The van der Waals surface area contributed by atoms with Crippen molar-refractivity contribution in [2.24, 2.45) is 0 Å². The van der Waals surface area contributed by atoms with E-state index in [2.05, 4.69) is 41.5 Å². The SMILES string of the molecule is CCCCCCCOC(=O)[O][Sn]([CH2]CCC)([CH2]CCC)[O][Sn]([CH2]CCC)([O]CCCCCCC)[O]C(=O)OCCCCCCC. The molecule has 1 atom stereocenters. The summed E-state index contributed by atoms with van der Waals surface area (Å²) in [5.41, 5.74) is 0.